The highest BCUT2D eigenvalue weighted by molar-refractivity contribution is 5.31. The average Bonchev–Trinajstić information content (AvgIpc) is 2.71. The lowest BCUT2D eigenvalue weighted by atomic mass is 9.89. The molecule has 1 atom stereocenters. The van der Waals surface area contributed by atoms with Crippen LogP contribution in [0.1, 0.15) is 30.9 Å². The third-order valence-corrected chi connectivity index (χ3v) is 3.40. The summed E-state index contributed by atoms with van der Waals surface area (Å²) in [6.07, 6.45) is 1.81. The van der Waals surface area contributed by atoms with E-state index < -0.39 is 11.4 Å². The van der Waals surface area contributed by atoms with Gasteiger partial charge in [-0.25, -0.2) is 8.78 Å². The lowest BCUT2D eigenvalue weighted by Gasteiger charge is -2.26. The van der Waals surface area contributed by atoms with Crippen molar-refractivity contribution in [3.8, 4) is 0 Å². The van der Waals surface area contributed by atoms with E-state index in [0.29, 0.717) is 5.56 Å². The molecule has 1 fully saturated rings. The van der Waals surface area contributed by atoms with Crippen LogP contribution < -0.4 is 5.32 Å². The number of hydrogen-bond acceptors (Lipinski definition) is 2. The molecule has 0 amide bonds. The summed E-state index contributed by atoms with van der Waals surface area (Å²) in [6, 6.07) is 2.53. The number of hydrogen-bond donors (Lipinski definition) is 1. The quantitative estimate of drug-likeness (QED) is 0.878. The van der Waals surface area contributed by atoms with E-state index in [-0.39, 0.29) is 18.0 Å². The number of rotatable bonds is 3. The van der Waals surface area contributed by atoms with Crippen LogP contribution in [0, 0.1) is 11.6 Å². The van der Waals surface area contributed by atoms with Crippen LogP contribution in [-0.4, -0.2) is 13.7 Å². The van der Waals surface area contributed by atoms with Gasteiger partial charge in [-0.15, -0.1) is 0 Å². The monoisotopic (exact) mass is 241 g/mol. The zero-order valence-electron chi connectivity index (χ0n) is 10.1. The number of ether oxygens (including phenoxy) is 1. The van der Waals surface area contributed by atoms with Gasteiger partial charge in [0.25, 0.3) is 0 Å². The standard InChI is InChI=1S/C13H17F2NO/c1-13(4-3-5-16-13)10-7-11(14)9(8-17-2)6-12(10)15/h6-7,16H,3-5,8H2,1-2H3. The molecule has 1 aliphatic rings. The van der Waals surface area contributed by atoms with Crippen LogP contribution in [0.5, 0.6) is 0 Å². The Morgan fingerprint density at radius 3 is 2.71 bits per heavy atom. The SMILES string of the molecule is COCc1cc(F)c(C2(C)CCCN2)cc1F. The van der Waals surface area contributed by atoms with Gasteiger partial charge in [-0.1, -0.05) is 0 Å². The van der Waals surface area contributed by atoms with Crippen molar-refractivity contribution >= 4 is 0 Å². The zero-order chi connectivity index (χ0) is 12.5. The maximum absolute atomic E-state index is 14.0. The van der Waals surface area contributed by atoms with E-state index in [1.54, 1.807) is 0 Å². The van der Waals surface area contributed by atoms with Gasteiger partial charge in [0.2, 0.25) is 0 Å². The Bertz CT molecular complexity index is 414. The second-order valence-corrected chi connectivity index (χ2v) is 4.72. The minimum atomic E-state index is -0.448. The first kappa shape index (κ1) is 12.5. The van der Waals surface area contributed by atoms with Gasteiger partial charge in [0.05, 0.1) is 6.61 Å². The Hall–Kier alpha value is -1.00. The largest absolute Gasteiger partial charge is 0.380 e. The molecule has 2 rings (SSSR count). The molecule has 0 aromatic heterocycles. The Labute approximate surface area is 100.0 Å². The van der Waals surface area contributed by atoms with Crippen molar-refractivity contribution in [2.45, 2.75) is 31.9 Å². The fourth-order valence-corrected chi connectivity index (χ4v) is 2.40. The van der Waals surface area contributed by atoms with Gasteiger partial charge in [-0.05, 0) is 38.4 Å². The molecule has 1 N–H and O–H groups in total. The summed E-state index contributed by atoms with van der Waals surface area (Å²) in [4.78, 5) is 0. The van der Waals surface area contributed by atoms with Gasteiger partial charge in [0.1, 0.15) is 11.6 Å². The number of methoxy groups -OCH3 is 1. The molecule has 4 heteroatoms. The first-order chi connectivity index (χ1) is 8.07. The van der Waals surface area contributed by atoms with Crippen LogP contribution in [0.15, 0.2) is 12.1 Å². The van der Waals surface area contributed by atoms with E-state index in [1.807, 2.05) is 6.92 Å². The van der Waals surface area contributed by atoms with Crippen molar-refractivity contribution in [2.24, 2.45) is 0 Å². The molecule has 1 unspecified atom stereocenters. The predicted octanol–water partition coefficient (Wildman–Crippen LogP) is 2.71. The minimum Gasteiger partial charge on any atom is -0.380 e. The number of benzene rings is 1. The molecule has 0 radical (unpaired) electrons. The van der Waals surface area contributed by atoms with Crippen LogP contribution in [0.4, 0.5) is 8.78 Å². The Balaban J connectivity index is 2.39. The molecular formula is C13H17F2NO. The normalized spacial score (nSPS) is 24.2. The molecule has 0 saturated carbocycles. The van der Waals surface area contributed by atoms with Crippen molar-refractivity contribution in [3.63, 3.8) is 0 Å². The third-order valence-electron chi connectivity index (χ3n) is 3.40. The second-order valence-electron chi connectivity index (χ2n) is 4.72. The van der Waals surface area contributed by atoms with E-state index in [9.17, 15) is 8.78 Å². The smallest absolute Gasteiger partial charge is 0.129 e. The van der Waals surface area contributed by atoms with Crippen LogP contribution in [0.2, 0.25) is 0 Å². The highest BCUT2D eigenvalue weighted by Gasteiger charge is 2.33. The molecule has 1 heterocycles. The third kappa shape index (κ3) is 2.33. The van der Waals surface area contributed by atoms with Gasteiger partial charge in [0.15, 0.2) is 0 Å². The van der Waals surface area contributed by atoms with E-state index >= 15 is 0 Å². The maximum atomic E-state index is 14.0. The van der Waals surface area contributed by atoms with Crippen molar-refractivity contribution in [1.82, 2.24) is 5.32 Å². The first-order valence-electron chi connectivity index (χ1n) is 5.79. The average molecular weight is 241 g/mol. The highest BCUT2D eigenvalue weighted by Crippen LogP contribution is 2.33. The fraction of sp³-hybridized carbons (Fsp3) is 0.538. The molecule has 0 aliphatic carbocycles. The van der Waals surface area contributed by atoms with E-state index in [4.69, 9.17) is 4.74 Å². The molecule has 0 bridgehead atoms. The molecular weight excluding hydrogens is 224 g/mol. The van der Waals surface area contributed by atoms with Crippen molar-refractivity contribution in [2.75, 3.05) is 13.7 Å². The Morgan fingerprint density at radius 2 is 2.12 bits per heavy atom. The van der Waals surface area contributed by atoms with Gasteiger partial charge >= 0.3 is 0 Å². The topological polar surface area (TPSA) is 21.3 Å². The zero-order valence-corrected chi connectivity index (χ0v) is 10.1. The van der Waals surface area contributed by atoms with Crippen molar-refractivity contribution in [1.29, 1.82) is 0 Å². The van der Waals surface area contributed by atoms with E-state index in [0.717, 1.165) is 19.4 Å². The lowest BCUT2D eigenvalue weighted by Crippen LogP contribution is -2.34. The molecule has 1 aromatic carbocycles. The van der Waals surface area contributed by atoms with Crippen LogP contribution in [0.25, 0.3) is 0 Å². The molecule has 1 aliphatic heterocycles. The summed E-state index contributed by atoms with van der Waals surface area (Å²) in [5.74, 6) is -0.770. The highest BCUT2D eigenvalue weighted by atomic mass is 19.1. The summed E-state index contributed by atoms with van der Waals surface area (Å²) in [5.41, 5.74) is 0.221. The minimum absolute atomic E-state index is 0.0905. The molecule has 17 heavy (non-hydrogen) atoms. The van der Waals surface area contributed by atoms with Gasteiger partial charge in [-0.3, -0.25) is 0 Å². The molecule has 0 spiro atoms. The molecule has 2 nitrogen and oxygen atoms in total. The summed E-state index contributed by atoms with van der Waals surface area (Å²) in [6.45, 7) is 2.85. The van der Waals surface area contributed by atoms with Crippen molar-refractivity contribution < 1.29 is 13.5 Å². The Morgan fingerprint density at radius 1 is 1.35 bits per heavy atom. The summed E-state index contributed by atoms with van der Waals surface area (Å²) >= 11 is 0. The summed E-state index contributed by atoms with van der Waals surface area (Å²) in [5, 5.41) is 3.23. The summed E-state index contributed by atoms with van der Waals surface area (Å²) < 4.78 is 32.6. The lowest BCUT2D eigenvalue weighted by molar-refractivity contribution is 0.181. The molecule has 1 aromatic rings. The van der Waals surface area contributed by atoms with Crippen LogP contribution >= 0.6 is 0 Å². The van der Waals surface area contributed by atoms with Gasteiger partial charge < -0.3 is 10.1 Å². The number of halogens is 2. The second kappa shape index (κ2) is 4.70. The molecule has 1 saturated heterocycles. The number of nitrogens with one attached hydrogen (secondary N) is 1. The van der Waals surface area contributed by atoms with Gasteiger partial charge in [-0.2, -0.15) is 0 Å². The fourth-order valence-electron chi connectivity index (χ4n) is 2.40. The van der Waals surface area contributed by atoms with Crippen molar-refractivity contribution in [3.05, 3.63) is 34.9 Å². The van der Waals surface area contributed by atoms with E-state index in [1.165, 1.54) is 19.2 Å². The van der Waals surface area contributed by atoms with Gasteiger partial charge in [0, 0.05) is 23.8 Å². The first-order valence-corrected chi connectivity index (χ1v) is 5.79. The van der Waals surface area contributed by atoms with Crippen LogP contribution in [0.3, 0.4) is 0 Å². The van der Waals surface area contributed by atoms with Crippen LogP contribution in [-0.2, 0) is 16.9 Å². The predicted molar refractivity (Wildman–Crippen MR) is 61.7 cm³/mol. The summed E-state index contributed by atoms with van der Waals surface area (Å²) in [7, 11) is 1.46. The molecule has 94 valence electrons. The maximum Gasteiger partial charge on any atom is 0.129 e. The Kier molecular flexibility index (Phi) is 3.45. The van der Waals surface area contributed by atoms with E-state index in [2.05, 4.69) is 5.32 Å².